The number of urea groups is 1. The first-order valence-corrected chi connectivity index (χ1v) is 6.48. The zero-order chi connectivity index (χ0) is 15.4. The lowest BCUT2D eigenvalue weighted by molar-refractivity contribution is -0.134. The van der Waals surface area contributed by atoms with Gasteiger partial charge in [0.1, 0.15) is 6.04 Å². The number of ketones is 1. The highest BCUT2D eigenvalue weighted by Crippen LogP contribution is 2.10. The van der Waals surface area contributed by atoms with Crippen LogP contribution in [-0.2, 0) is 9.59 Å². The third kappa shape index (κ3) is 3.88. The zero-order valence-electron chi connectivity index (χ0n) is 11.4. The minimum absolute atomic E-state index is 0.0606. The topological polar surface area (TPSA) is 104 Å². The molecule has 1 unspecified atom stereocenters. The molecule has 4 amide bonds. The molecule has 0 saturated carbocycles. The van der Waals surface area contributed by atoms with Crippen LogP contribution in [0.3, 0.4) is 0 Å². The van der Waals surface area contributed by atoms with Crippen molar-refractivity contribution in [3.05, 3.63) is 29.8 Å². The van der Waals surface area contributed by atoms with Crippen LogP contribution in [-0.4, -0.2) is 29.7 Å². The van der Waals surface area contributed by atoms with Crippen molar-refractivity contribution >= 4 is 29.3 Å². The summed E-state index contributed by atoms with van der Waals surface area (Å²) in [5.41, 5.74) is 1.05. The van der Waals surface area contributed by atoms with Crippen molar-refractivity contribution in [1.29, 1.82) is 0 Å². The molecule has 1 aliphatic heterocycles. The van der Waals surface area contributed by atoms with Gasteiger partial charge in [-0.25, -0.2) is 4.79 Å². The average molecular weight is 289 g/mol. The van der Waals surface area contributed by atoms with Crippen molar-refractivity contribution in [3.63, 3.8) is 0 Å². The summed E-state index contributed by atoms with van der Waals surface area (Å²) in [4.78, 5) is 45.4. The molecule has 0 aromatic heterocycles. The van der Waals surface area contributed by atoms with Gasteiger partial charge in [-0.15, -0.1) is 0 Å². The van der Waals surface area contributed by atoms with E-state index < -0.39 is 18.0 Å². The Kier molecular flexibility index (Phi) is 4.32. The molecule has 0 spiro atoms. The number of piperidine rings is 1. The molecule has 0 bridgehead atoms. The SMILES string of the molecule is CC(=O)c1ccc(NC(=O)NC2CCC(=O)NC2=O)cc1. The van der Waals surface area contributed by atoms with Crippen molar-refractivity contribution in [2.75, 3.05) is 5.32 Å². The fourth-order valence-corrected chi connectivity index (χ4v) is 1.94. The van der Waals surface area contributed by atoms with Crippen LogP contribution in [0, 0.1) is 0 Å². The number of carbonyl (C=O) groups is 4. The van der Waals surface area contributed by atoms with Crippen LogP contribution in [0.1, 0.15) is 30.1 Å². The minimum atomic E-state index is -0.723. The van der Waals surface area contributed by atoms with Gasteiger partial charge in [0.25, 0.3) is 0 Å². The third-order valence-corrected chi connectivity index (χ3v) is 3.09. The van der Waals surface area contributed by atoms with Gasteiger partial charge in [0.15, 0.2) is 5.78 Å². The molecule has 3 N–H and O–H groups in total. The summed E-state index contributed by atoms with van der Waals surface area (Å²) in [6.45, 7) is 1.46. The Morgan fingerprint density at radius 3 is 2.43 bits per heavy atom. The fraction of sp³-hybridized carbons (Fsp3) is 0.286. The molecule has 7 nitrogen and oxygen atoms in total. The lowest BCUT2D eigenvalue weighted by Gasteiger charge is -2.21. The first-order chi connectivity index (χ1) is 9.95. The molecule has 0 radical (unpaired) electrons. The number of amides is 4. The number of carbonyl (C=O) groups excluding carboxylic acids is 4. The molecule has 1 heterocycles. The van der Waals surface area contributed by atoms with Crippen LogP contribution in [0.15, 0.2) is 24.3 Å². The number of Topliss-reactive ketones (excluding diaryl/α,β-unsaturated/α-hetero) is 1. The molecule has 21 heavy (non-hydrogen) atoms. The molecule has 7 heteroatoms. The van der Waals surface area contributed by atoms with E-state index in [-0.39, 0.29) is 24.5 Å². The summed E-state index contributed by atoms with van der Waals surface area (Å²) in [5.74, 6) is -0.902. The van der Waals surface area contributed by atoms with Gasteiger partial charge in [0.2, 0.25) is 11.8 Å². The van der Waals surface area contributed by atoms with Crippen LogP contribution in [0.5, 0.6) is 0 Å². The maximum Gasteiger partial charge on any atom is 0.319 e. The Bertz CT molecular complexity index is 595. The summed E-state index contributed by atoms with van der Waals surface area (Å²) in [6.07, 6.45) is 0.478. The van der Waals surface area contributed by atoms with Gasteiger partial charge in [0.05, 0.1) is 0 Å². The molecule has 1 saturated heterocycles. The Labute approximate surface area is 121 Å². The van der Waals surface area contributed by atoms with Crippen LogP contribution < -0.4 is 16.0 Å². The van der Waals surface area contributed by atoms with Crippen molar-refractivity contribution in [2.24, 2.45) is 0 Å². The van der Waals surface area contributed by atoms with Gasteiger partial charge in [-0.2, -0.15) is 0 Å². The molecular weight excluding hydrogens is 274 g/mol. The van der Waals surface area contributed by atoms with Gasteiger partial charge in [-0.1, -0.05) is 0 Å². The molecule has 2 rings (SSSR count). The largest absolute Gasteiger partial charge is 0.326 e. The number of benzene rings is 1. The molecule has 110 valence electrons. The monoisotopic (exact) mass is 289 g/mol. The first-order valence-electron chi connectivity index (χ1n) is 6.48. The predicted molar refractivity (Wildman–Crippen MR) is 74.8 cm³/mol. The van der Waals surface area contributed by atoms with E-state index in [0.717, 1.165) is 0 Å². The maximum atomic E-state index is 11.8. The van der Waals surface area contributed by atoms with Crippen LogP contribution in [0.2, 0.25) is 0 Å². The third-order valence-electron chi connectivity index (χ3n) is 3.09. The average Bonchev–Trinajstić information content (AvgIpc) is 2.42. The van der Waals surface area contributed by atoms with Gasteiger partial charge < -0.3 is 10.6 Å². The highest BCUT2D eigenvalue weighted by molar-refractivity contribution is 6.02. The summed E-state index contributed by atoms with van der Waals surface area (Å²) in [7, 11) is 0. The number of hydrogen-bond donors (Lipinski definition) is 3. The standard InChI is InChI=1S/C14H15N3O4/c1-8(18)9-2-4-10(5-3-9)15-14(21)16-11-6-7-12(19)17-13(11)20/h2-5,11H,6-7H2,1H3,(H2,15,16,21)(H,17,19,20). The van der Waals surface area contributed by atoms with Crippen LogP contribution in [0.4, 0.5) is 10.5 Å². The van der Waals surface area contributed by atoms with E-state index in [1.165, 1.54) is 6.92 Å². The number of rotatable bonds is 3. The Balaban J connectivity index is 1.91. The lowest BCUT2D eigenvalue weighted by atomic mass is 10.1. The van der Waals surface area contributed by atoms with Gasteiger partial charge in [0, 0.05) is 17.7 Å². The van der Waals surface area contributed by atoms with Crippen LogP contribution in [0.25, 0.3) is 0 Å². The summed E-state index contributed by atoms with van der Waals surface area (Å²) >= 11 is 0. The number of nitrogens with one attached hydrogen (secondary N) is 3. The quantitative estimate of drug-likeness (QED) is 0.566. The van der Waals surface area contributed by atoms with E-state index in [4.69, 9.17) is 0 Å². The Hall–Kier alpha value is -2.70. The van der Waals surface area contributed by atoms with E-state index in [2.05, 4.69) is 16.0 Å². The highest BCUT2D eigenvalue weighted by Gasteiger charge is 2.27. The van der Waals surface area contributed by atoms with E-state index in [1.807, 2.05) is 0 Å². The fourth-order valence-electron chi connectivity index (χ4n) is 1.94. The normalized spacial score (nSPS) is 17.9. The summed E-state index contributed by atoms with van der Waals surface area (Å²) in [5, 5.41) is 7.22. The molecule has 1 aromatic carbocycles. The molecule has 0 aliphatic carbocycles. The highest BCUT2D eigenvalue weighted by atomic mass is 16.2. The van der Waals surface area contributed by atoms with Crippen molar-refractivity contribution in [1.82, 2.24) is 10.6 Å². The summed E-state index contributed by atoms with van der Waals surface area (Å²) < 4.78 is 0. The van der Waals surface area contributed by atoms with Gasteiger partial charge in [-0.3, -0.25) is 19.7 Å². The second-order valence-corrected chi connectivity index (χ2v) is 4.74. The molecule has 1 aromatic rings. The van der Waals surface area contributed by atoms with E-state index >= 15 is 0 Å². The van der Waals surface area contributed by atoms with Crippen molar-refractivity contribution in [3.8, 4) is 0 Å². The lowest BCUT2D eigenvalue weighted by Crippen LogP contribution is -2.53. The number of hydrogen-bond acceptors (Lipinski definition) is 4. The number of imide groups is 1. The second kappa shape index (κ2) is 6.17. The molecule has 1 atom stereocenters. The predicted octanol–water partition coefficient (Wildman–Crippen LogP) is 0.816. The minimum Gasteiger partial charge on any atom is -0.326 e. The van der Waals surface area contributed by atoms with E-state index in [0.29, 0.717) is 11.3 Å². The molecule has 1 fully saturated rings. The van der Waals surface area contributed by atoms with Crippen LogP contribution >= 0.6 is 0 Å². The smallest absolute Gasteiger partial charge is 0.319 e. The first kappa shape index (κ1) is 14.7. The molecular formula is C14H15N3O4. The van der Waals surface area contributed by atoms with E-state index in [1.54, 1.807) is 24.3 Å². The summed E-state index contributed by atoms with van der Waals surface area (Å²) in [6, 6.07) is 5.13. The number of anilines is 1. The van der Waals surface area contributed by atoms with Gasteiger partial charge in [-0.05, 0) is 37.6 Å². The second-order valence-electron chi connectivity index (χ2n) is 4.74. The molecule has 1 aliphatic rings. The zero-order valence-corrected chi connectivity index (χ0v) is 11.4. The van der Waals surface area contributed by atoms with Crippen molar-refractivity contribution in [2.45, 2.75) is 25.8 Å². The van der Waals surface area contributed by atoms with Gasteiger partial charge >= 0.3 is 6.03 Å². The van der Waals surface area contributed by atoms with E-state index in [9.17, 15) is 19.2 Å². The van der Waals surface area contributed by atoms with Crippen molar-refractivity contribution < 1.29 is 19.2 Å². The maximum absolute atomic E-state index is 11.8. The Morgan fingerprint density at radius 1 is 1.19 bits per heavy atom. The Morgan fingerprint density at radius 2 is 1.86 bits per heavy atom.